The first kappa shape index (κ1) is 14.7. The van der Waals surface area contributed by atoms with Crippen LogP contribution in [0.15, 0.2) is 42.6 Å². The second-order valence-corrected chi connectivity index (χ2v) is 5.21. The van der Waals surface area contributed by atoms with Crippen molar-refractivity contribution in [3.8, 4) is 11.6 Å². The number of hydrogen-bond donors (Lipinski definition) is 0. The molecule has 5 heteroatoms. The van der Waals surface area contributed by atoms with Crippen LogP contribution in [0.1, 0.15) is 29.8 Å². The molecule has 2 aromatic rings. The van der Waals surface area contributed by atoms with Gasteiger partial charge in [0.15, 0.2) is 11.6 Å². The van der Waals surface area contributed by atoms with Gasteiger partial charge in [0.25, 0.3) is 0 Å². The molecule has 2 heterocycles. The van der Waals surface area contributed by atoms with Crippen LogP contribution in [-0.4, -0.2) is 24.0 Å². The lowest BCUT2D eigenvalue weighted by Gasteiger charge is -2.22. The summed E-state index contributed by atoms with van der Waals surface area (Å²) in [5, 5.41) is 0. The number of carbonyl (C=O) groups excluding carboxylic acids is 1. The summed E-state index contributed by atoms with van der Waals surface area (Å²) in [6, 6.07) is 10.9. The summed E-state index contributed by atoms with van der Waals surface area (Å²) in [7, 11) is 0. The number of ether oxygens (including phenoxy) is 3. The normalized spacial score (nSPS) is 16.5. The highest BCUT2D eigenvalue weighted by Gasteiger charge is 2.32. The van der Waals surface area contributed by atoms with Crippen molar-refractivity contribution in [1.82, 2.24) is 4.98 Å². The van der Waals surface area contributed by atoms with E-state index < -0.39 is 5.79 Å². The van der Waals surface area contributed by atoms with E-state index in [4.69, 9.17) is 14.2 Å². The van der Waals surface area contributed by atoms with Gasteiger partial charge in [-0.05, 0) is 44.2 Å². The largest absolute Gasteiger partial charge is 0.439 e. The molecule has 1 aliphatic heterocycles. The number of ketones is 1. The third kappa shape index (κ3) is 3.00. The number of rotatable bonds is 4. The Morgan fingerprint density at radius 3 is 2.36 bits per heavy atom. The van der Waals surface area contributed by atoms with Crippen molar-refractivity contribution in [1.29, 1.82) is 0 Å². The molecule has 1 aromatic heterocycles. The molecule has 0 amide bonds. The zero-order valence-electron chi connectivity index (χ0n) is 12.5. The number of nitrogens with zero attached hydrogens (tertiary/aromatic N) is 1. The van der Waals surface area contributed by atoms with E-state index in [9.17, 15) is 4.79 Å². The van der Waals surface area contributed by atoms with E-state index in [1.165, 1.54) is 13.1 Å². The van der Waals surface area contributed by atoms with Crippen LogP contribution in [-0.2, 0) is 15.3 Å². The minimum Gasteiger partial charge on any atom is -0.439 e. The average molecular weight is 299 g/mol. The molecule has 1 fully saturated rings. The van der Waals surface area contributed by atoms with Crippen molar-refractivity contribution < 1.29 is 19.0 Å². The number of carbonyl (C=O) groups is 1. The fourth-order valence-corrected chi connectivity index (χ4v) is 2.28. The zero-order chi connectivity index (χ0) is 15.6. The first-order valence-electron chi connectivity index (χ1n) is 7.10. The summed E-state index contributed by atoms with van der Waals surface area (Å²) in [6.07, 6.45) is 1.51. The quantitative estimate of drug-likeness (QED) is 0.811. The molecule has 1 aliphatic rings. The van der Waals surface area contributed by atoms with Gasteiger partial charge in [0.2, 0.25) is 5.88 Å². The van der Waals surface area contributed by atoms with Gasteiger partial charge >= 0.3 is 0 Å². The smallest absolute Gasteiger partial charge is 0.219 e. The molecule has 22 heavy (non-hydrogen) atoms. The van der Waals surface area contributed by atoms with Gasteiger partial charge in [-0.25, -0.2) is 4.98 Å². The maximum absolute atomic E-state index is 11.2. The number of pyridine rings is 1. The van der Waals surface area contributed by atoms with Crippen LogP contribution in [0.5, 0.6) is 11.6 Å². The molecular formula is C17H17NO4. The molecule has 1 saturated heterocycles. The SMILES string of the molecule is CC(=O)c1ccc(Oc2ccc(C3(C)OCCO3)cc2)nc1. The van der Waals surface area contributed by atoms with E-state index in [2.05, 4.69) is 4.98 Å². The summed E-state index contributed by atoms with van der Waals surface area (Å²) in [4.78, 5) is 15.3. The van der Waals surface area contributed by atoms with Crippen molar-refractivity contribution in [2.45, 2.75) is 19.6 Å². The molecule has 0 N–H and O–H groups in total. The van der Waals surface area contributed by atoms with E-state index >= 15 is 0 Å². The molecular weight excluding hydrogens is 282 g/mol. The van der Waals surface area contributed by atoms with Crippen molar-refractivity contribution in [3.63, 3.8) is 0 Å². The highest BCUT2D eigenvalue weighted by molar-refractivity contribution is 5.93. The van der Waals surface area contributed by atoms with Gasteiger partial charge in [0, 0.05) is 23.4 Å². The maximum atomic E-state index is 11.2. The van der Waals surface area contributed by atoms with Crippen LogP contribution in [0.4, 0.5) is 0 Å². The summed E-state index contributed by atoms with van der Waals surface area (Å²) in [6.45, 7) is 4.60. The molecule has 0 unspecified atom stereocenters. The van der Waals surface area contributed by atoms with E-state index in [1.54, 1.807) is 12.1 Å². The molecule has 5 nitrogen and oxygen atoms in total. The number of aromatic nitrogens is 1. The minimum atomic E-state index is -0.681. The van der Waals surface area contributed by atoms with Gasteiger partial charge in [-0.1, -0.05) is 0 Å². The van der Waals surface area contributed by atoms with Crippen molar-refractivity contribution in [2.24, 2.45) is 0 Å². The van der Waals surface area contributed by atoms with E-state index in [0.717, 1.165) is 5.56 Å². The summed E-state index contributed by atoms with van der Waals surface area (Å²) in [5.41, 5.74) is 1.50. The molecule has 0 atom stereocenters. The Labute approximate surface area is 128 Å². The minimum absolute atomic E-state index is 0.0202. The summed E-state index contributed by atoms with van der Waals surface area (Å²) < 4.78 is 16.9. The molecule has 0 saturated carbocycles. The van der Waals surface area contributed by atoms with Crippen molar-refractivity contribution in [2.75, 3.05) is 13.2 Å². The molecule has 3 rings (SSSR count). The van der Waals surface area contributed by atoms with Gasteiger partial charge < -0.3 is 14.2 Å². The molecule has 0 spiro atoms. The van der Waals surface area contributed by atoms with Crippen LogP contribution in [0.2, 0.25) is 0 Å². The van der Waals surface area contributed by atoms with Gasteiger partial charge in [0.1, 0.15) is 5.75 Å². The molecule has 114 valence electrons. The monoisotopic (exact) mass is 299 g/mol. The van der Waals surface area contributed by atoms with Crippen LogP contribution in [0, 0.1) is 0 Å². The number of Topliss-reactive ketones (excluding diaryl/α,β-unsaturated/α-hetero) is 1. The lowest BCUT2D eigenvalue weighted by Crippen LogP contribution is -2.22. The summed E-state index contributed by atoms with van der Waals surface area (Å²) in [5.74, 6) is 0.402. The lowest BCUT2D eigenvalue weighted by molar-refractivity contribution is -0.149. The van der Waals surface area contributed by atoms with Crippen LogP contribution in [0.25, 0.3) is 0 Å². The van der Waals surface area contributed by atoms with Crippen molar-refractivity contribution in [3.05, 3.63) is 53.7 Å². The second-order valence-electron chi connectivity index (χ2n) is 5.21. The Kier molecular flexibility index (Phi) is 3.92. The van der Waals surface area contributed by atoms with Gasteiger partial charge in [-0.15, -0.1) is 0 Å². The van der Waals surface area contributed by atoms with Crippen LogP contribution in [0.3, 0.4) is 0 Å². The van der Waals surface area contributed by atoms with E-state index in [1.807, 2.05) is 31.2 Å². The van der Waals surface area contributed by atoms with Gasteiger partial charge in [-0.3, -0.25) is 4.79 Å². The Balaban J connectivity index is 1.72. The molecule has 0 aliphatic carbocycles. The van der Waals surface area contributed by atoms with Gasteiger partial charge in [-0.2, -0.15) is 0 Å². The second kappa shape index (κ2) is 5.87. The zero-order valence-corrected chi connectivity index (χ0v) is 12.5. The van der Waals surface area contributed by atoms with E-state index in [0.29, 0.717) is 30.4 Å². The predicted octanol–water partition coefficient (Wildman–Crippen LogP) is 3.30. The highest BCUT2D eigenvalue weighted by atomic mass is 16.7. The van der Waals surface area contributed by atoms with Gasteiger partial charge in [0.05, 0.1) is 13.2 Å². The highest BCUT2D eigenvalue weighted by Crippen LogP contribution is 2.32. The number of benzene rings is 1. The third-order valence-electron chi connectivity index (χ3n) is 3.58. The molecule has 0 bridgehead atoms. The van der Waals surface area contributed by atoms with E-state index in [-0.39, 0.29) is 5.78 Å². The van der Waals surface area contributed by atoms with Crippen LogP contribution < -0.4 is 4.74 Å². The third-order valence-corrected chi connectivity index (χ3v) is 3.58. The Bertz CT molecular complexity index is 658. The average Bonchev–Trinajstić information content (AvgIpc) is 2.96. The Hall–Kier alpha value is -2.24. The predicted molar refractivity (Wildman–Crippen MR) is 80.0 cm³/mol. The molecule has 1 aromatic carbocycles. The maximum Gasteiger partial charge on any atom is 0.219 e. The fraction of sp³-hybridized carbons (Fsp3) is 0.294. The van der Waals surface area contributed by atoms with Crippen LogP contribution >= 0.6 is 0 Å². The lowest BCUT2D eigenvalue weighted by atomic mass is 10.1. The topological polar surface area (TPSA) is 57.7 Å². The first-order valence-corrected chi connectivity index (χ1v) is 7.10. The number of hydrogen-bond acceptors (Lipinski definition) is 5. The first-order chi connectivity index (χ1) is 10.6. The van der Waals surface area contributed by atoms with Crippen molar-refractivity contribution >= 4 is 5.78 Å². The Morgan fingerprint density at radius 2 is 1.82 bits per heavy atom. The fourth-order valence-electron chi connectivity index (χ4n) is 2.28. The Morgan fingerprint density at radius 1 is 1.14 bits per heavy atom. The summed E-state index contributed by atoms with van der Waals surface area (Å²) >= 11 is 0. The standard InChI is InChI=1S/C17H17NO4/c1-12(19)13-3-8-16(18-11-13)22-15-6-4-14(5-7-15)17(2)20-9-10-21-17/h3-8,11H,9-10H2,1-2H3. The molecule has 0 radical (unpaired) electrons.